The van der Waals surface area contributed by atoms with E-state index in [2.05, 4.69) is 0 Å². The van der Waals surface area contributed by atoms with Crippen LogP contribution in [0.3, 0.4) is 0 Å². The number of aromatic nitrogens is 1. The lowest BCUT2D eigenvalue weighted by Gasteiger charge is -2.25. The van der Waals surface area contributed by atoms with Crippen LogP contribution in [0, 0.1) is 5.82 Å². The van der Waals surface area contributed by atoms with E-state index in [1.165, 1.54) is 30.9 Å². The summed E-state index contributed by atoms with van der Waals surface area (Å²) in [5.41, 5.74) is 1.87. The number of rotatable bonds is 7. The van der Waals surface area contributed by atoms with Gasteiger partial charge < -0.3 is 19.3 Å². The highest BCUT2D eigenvalue weighted by Crippen LogP contribution is 2.38. The highest BCUT2D eigenvalue weighted by Gasteiger charge is 2.35. The minimum atomic E-state index is -0.919. The number of fused-ring (bicyclic) bond motifs is 1. The zero-order valence-electron chi connectivity index (χ0n) is 21.9. The molecule has 0 unspecified atom stereocenters. The Morgan fingerprint density at radius 1 is 1.07 bits per heavy atom. The molecule has 0 radical (unpaired) electrons. The molecule has 204 valence electrons. The van der Waals surface area contributed by atoms with Crippen LogP contribution in [0.2, 0.25) is 0 Å². The number of nitrogens with zero attached hydrogens (tertiary/aromatic N) is 2. The van der Waals surface area contributed by atoms with Gasteiger partial charge >= 0.3 is 5.97 Å². The third-order valence-corrected chi connectivity index (χ3v) is 7.34. The molecule has 1 aliphatic heterocycles. The second-order valence-corrected chi connectivity index (χ2v) is 9.77. The highest BCUT2D eigenvalue weighted by molar-refractivity contribution is 7.07. The molecule has 40 heavy (non-hydrogen) atoms. The predicted molar refractivity (Wildman–Crippen MR) is 149 cm³/mol. The fraction of sp³-hybridized carbons (Fsp3) is 0.167. The Morgan fingerprint density at radius 3 is 2.33 bits per heavy atom. The first kappa shape index (κ1) is 26.9. The molecule has 2 heterocycles. The van der Waals surface area contributed by atoms with Gasteiger partial charge in [-0.25, -0.2) is 14.2 Å². The number of ether oxygens (including phenoxy) is 3. The van der Waals surface area contributed by atoms with Crippen LogP contribution in [0.25, 0.3) is 11.8 Å². The van der Waals surface area contributed by atoms with Crippen molar-refractivity contribution in [3.63, 3.8) is 0 Å². The maximum atomic E-state index is 13.9. The van der Waals surface area contributed by atoms with Gasteiger partial charge in [0.05, 0.1) is 42.7 Å². The van der Waals surface area contributed by atoms with Crippen molar-refractivity contribution in [1.29, 1.82) is 0 Å². The van der Waals surface area contributed by atoms with Crippen LogP contribution >= 0.6 is 11.3 Å². The Labute approximate surface area is 232 Å². The van der Waals surface area contributed by atoms with E-state index in [9.17, 15) is 19.1 Å². The average Bonchev–Trinajstić information content (AvgIpc) is 3.28. The van der Waals surface area contributed by atoms with Crippen LogP contribution in [0.5, 0.6) is 17.2 Å². The number of benzene rings is 3. The van der Waals surface area contributed by atoms with Crippen molar-refractivity contribution in [2.45, 2.75) is 13.0 Å². The molecule has 0 saturated carbocycles. The van der Waals surface area contributed by atoms with E-state index in [0.717, 1.165) is 11.3 Å². The molecular weight excluding hydrogens is 535 g/mol. The molecule has 5 rings (SSSR count). The zero-order valence-corrected chi connectivity index (χ0v) is 22.7. The van der Waals surface area contributed by atoms with Gasteiger partial charge in [0.1, 0.15) is 5.82 Å². The largest absolute Gasteiger partial charge is 0.502 e. The zero-order chi connectivity index (χ0) is 28.4. The van der Waals surface area contributed by atoms with Crippen LogP contribution in [0.4, 0.5) is 4.39 Å². The molecule has 10 heteroatoms. The summed E-state index contributed by atoms with van der Waals surface area (Å²) in [5.74, 6) is -0.874. The van der Waals surface area contributed by atoms with Gasteiger partial charge in [-0.1, -0.05) is 53.8 Å². The second-order valence-electron chi connectivity index (χ2n) is 8.76. The fourth-order valence-electron chi connectivity index (χ4n) is 4.55. The molecule has 1 atom stereocenters. The summed E-state index contributed by atoms with van der Waals surface area (Å²) in [6, 6.07) is 17.0. The number of esters is 1. The van der Waals surface area contributed by atoms with Gasteiger partial charge in [0.2, 0.25) is 5.75 Å². The van der Waals surface area contributed by atoms with Crippen molar-refractivity contribution in [1.82, 2.24) is 4.57 Å². The highest BCUT2D eigenvalue weighted by atomic mass is 32.1. The third kappa shape index (κ3) is 4.89. The summed E-state index contributed by atoms with van der Waals surface area (Å²) in [4.78, 5) is 32.5. The predicted octanol–water partition coefficient (Wildman–Crippen LogP) is 3.80. The Bertz CT molecular complexity index is 1770. The summed E-state index contributed by atoms with van der Waals surface area (Å²) in [6.45, 7) is 1.82. The Balaban J connectivity index is 1.81. The Kier molecular flexibility index (Phi) is 7.52. The summed E-state index contributed by atoms with van der Waals surface area (Å²) < 4.78 is 31.6. The minimum Gasteiger partial charge on any atom is -0.502 e. The van der Waals surface area contributed by atoms with Crippen LogP contribution in [0.15, 0.2) is 82.1 Å². The first-order chi connectivity index (χ1) is 19.4. The number of phenols is 1. The summed E-state index contributed by atoms with van der Waals surface area (Å²) >= 11 is 1.14. The van der Waals surface area contributed by atoms with Crippen LogP contribution in [-0.4, -0.2) is 36.5 Å². The maximum Gasteiger partial charge on any atom is 0.338 e. The molecule has 0 amide bonds. The van der Waals surface area contributed by atoms with Crippen LogP contribution in [-0.2, 0) is 9.53 Å². The number of hydrogen-bond donors (Lipinski definition) is 1. The average molecular weight is 561 g/mol. The van der Waals surface area contributed by atoms with E-state index in [4.69, 9.17) is 19.2 Å². The van der Waals surface area contributed by atoms with Gasteiger partial charge in [-0.05, 0) is 48.4 Å². The van der Waals surface area contributed by atoms with E-state index in [1.807, 2.05) is 30.3 Å². The molecule has 0 bridgehead atoms. The number of methoxy groups -OCH3 is 2. The molecule has 0 spiro atoms. The lowest BCUT2D eigenvalue weighted by Crippen LogP contribution is -2.40. The number of carbonyl (C=O) groups is 1. The lowest BCUT2D eigenvalue weighted by molar-refractivity contribution is -0.138. The van der Waals surface area contributed by atoms with Crippen LogP contribution in [0.1, 0.15) is 29.7 Å². The monoisotopic (exact) mass is 560 g/mol. The van der Waals surface area contributed by atoms with Gasteiger partial charge in [0.15, 0.2) is 16.3 Å². The van der Waals surface area contributed by atoms with E-state index < -0.39 is 23.4 Å². The molecule has 3 aromatic carbocycles. The normalized spacial score (nSPS) is 14.9. The van der Waals surface area contributed by atoms with E-state index in [-0.39, 0.29) is 29.4 Å². The van der Waals surface area contributed by atoms with E-state index in [1.54, 1.807) is 37.3 Å². The van der Waals surface area contributed by atoms with Crippen molar-refractivity contribution in [3.05, 3.63) is 114 Å². The van der Waals surface area contributed by atoms with Crippen LogP contribution < -0.4 is 24.4 Å². The van der Waals surface area contributed by atoms with Gasteiger partial charge in [0, 0.05) is 5.56 Å². The summed E-state index contributed by atoms with van der Waals surface area (Å²) in [7, 11) is 2.83. The quantitative estimate of drug-likeness (QED) is 0.346. The lowest BCUT2D eigenvalue weighted by atomic mass is 9.93. The number of halogens is 1. The molecular formula is C30H25FN2O6S. The van der Waals surface area contributed by atoms with Crippen molar-refractivity contribution in [3.8, 4) is 17.2 Å². The Hall–Kier alpha value is -4.70. The molecule has 0 fully saturated rings. The van der Waals surface area contributed by atoms with Gasteiger partial charge in [0.25, 0.3) is 5.56 Å². The van der Waals surface area contributed by atoms with Gasteiger partial charge in [-0.15, -0.1) is 0 Å². The molecule has 0 aliphatic carbocycles. The second kappa shape index (κ2) is 11.2. The van der Waals surface area contributed by atoms with Crippen molar-refractivity contribution in [2.75, 3.05) is 20.8 Å². The molecule has 1 aromatic heterocycles. The van der Waals surface area contributed by atoms with E-state index in [0.29, 0.717) is 31.7 Å². The first-order valence-electron chi connectivity index (χ1n) is 12.3. The smallest absolute Gasteiger partial charge is 0.338 e. The molecule has 1 aliphatic rings. The SMILES string of the molecule is CCOC(=O)C1=C(c2ccccc2)N=c2s/c(=C/c3cc(OC)c(O)c(OC)c3)c(=O)n2[C@@H]1c1ccc(F)cc1. The Morgan fingerprint density at radius 2 is 1.73 bits per heavy atom. The standard InChI is InChI=1S/C30H25FN2O6S/c1-4-39-29(36)24-25(18-8-6-5-7-9-18)32-30-33(26(24)19-10-12-20(31)13-11-19)28(35)23(40-30)16-17-14-21(37-2)27(34)22(15-17)38-3/h5-16,26,34H,4H2,1-3H3/b23-16+/t26-/m1/s1. The summed E-state index contributed by atoms with van der Waals surface area (Å²) in [5, 5.41) is 10.3. The molecule has 8 nitrogen and oxygen atoms in total. The first-order valence-corrected chi connectivity index (χ1v) is 13.2. The topological polar surface area (TPSA) is 99.4 Å². The third-order valence-electron chi connectivity index (χ3n) is 6.36. The van der Waals surface area contributed by atoms with Crippen molar-refractivity contribution in [2.24, 2.45) is 4.99 Å². The minimum absolute atomic E-state index is 0.121. The number of aromatic hydroxyl groups is 1. The number of carbonyl (C=O) groups excluding carboxylic acids is 1. The van der Waals surface area contributed by atoms with Gasteiger partial charge in [-0.3, -0.25) is 9.36 Å². The fourth-order valence-corrected chi connectivity index (χ4v) is 5.55. The maximum absolute atomic E-state index is 13.9. The van der Waals surface area contributed by atoms with Crippen molar-refractivity contribution >= 4 is 29.1 Å². The van der Waals surface area contributed by atoms with Gasteiger partial charge in [-0.2, -0.15) is 0 Å². The molecule has 1 N–H and O–H groups in total. The molecule has 0 saturated heterocycles. The number of thiazole rings is 1. The number of phenolic OH excluding ortho intramolecular Hbond substituents is 1. The van der Waals surface area contributed by atoms with E-state index >= 15 is 0 Å². The summed E-state index contributed by atoms with van der Waals surface area (Å²) in [6.07, 6.45) is 1.63. The van der Waals surface area contributed by atoms with Crippen molar-refractivity contribution < 1.29 is 28.5 Å². The molecule has 4 aromatic rings. The number of hydrogen-bond acceptors (Lipinski definition) is 8.